The minimum atomic E-state index is -0.0845. The smallest absolute Gasteiger partial charge is 0.252 e. The van der Waals surface area contributed by atoms with E-state index in [1.807, 2.05) is 0 Å². The van der Waals surface area contributed by atoms with Gasteiger partial charge in [0.05, 0.1) is 16.7 Å². The monoisotopic (exact) mass is 904 g/mol. The number of anilines is 9. The lowest BCUT2D eigenvalue weighted by molar-refractivity contribution is 1.18. The van der Waals surface area contributed by atoms with E-state index in [0.29, 0.717) is 0 Å². The van der Waals surface area contributed by atoms with Gasteiger partial charge in [-0.15, -0.1) is 0 Å². The van der Waals surface area contributed by atoms with Crippen LogP contribution in [0.2, 0.25) is 0 Å². The molecule has 332 valence electrons. The highest BCUT2D eigenvalue weighted by molar-refractivity contribution is 7.00. The molecule has 71 heavy (non-hydrogen) atoms. The Labute approximate surface area is 414 Å². The maximum atomic E-state index is 2.56. The average molecular weight is 905 g/mol. The number of fused-ring (bicyclic) bond motifs is 8. The summed E-state index contributed by atoms with van der Waals surface area (Å²) in [5.41, 5.74) is 22.3. The van der Waals surface area contributed by atoms with Gasteiger partial charge in [0.1, 0.15) is 0 Å². The molecule has 0 atom stereocenters. The first-order chi connectivity index (χ1) is 35.3. The molecule has 2 aliphatic heterocycles. The molecule has 0 fully saturated rings. The predicted octanol–water partition coefficient (Wildman–Crippen LogP) is 15.7. The summed E-state index contributed by atoms with van der Waals surface area (Å²) in [6, 6.07) is 99.8. The highest BCUT2D eigenvalue weighted by Gasteiger charge is 2.44. The summed E-state index contributed by atoms with van der Waals surface area (Å²) >= 11 is 0. The van der Waals surface area contributed by atoms with E-state index in [9.17, 15) is 0 Å². The van der Waals surface area contributed by atoms with E-state index in [-0.39, 0.29) is 6.71 Å². The normalized spacial score (nSPS) is 12.4. The van der Waals surface area contributed by atoms with Crippen molar-refractivity contribution in [3.63, 3.8) is 0 Å². The van der Waals surface area contributed by atoms with Crippen molar-refractivity contribution >= 4 is 96.1 Å². The van der Waals surface area contributed by atoms with Crippen molar-refractivity contribution in [2.45, 2.75) is 0 Å². The molecule has 4 nitrogen and oxygen atoms in total. The molecule has 0 saturated heterocycles. The van der Waals surface area contributed by atoms with Crippen LogP contribution < -0.4 is 31.1 Å². The molecule has 0 saturated carbocycles. The van der Waals surface area contributed by atoms with E-state index in [1.54, 1.807) is 0 Å². The SMILES string of the molecule is c1ccc(-c2ccc(N3c4cccc5c4B(c4ccc(N(c6ccccc6)c6ccccc6)cc4N5c4cccc(-c5ccccc5)c4)c4ccc5c(c43)c3ccccc3n5-c3ccccc3)cc2)cc1. The van der Waals surface area contributed by atoms with Crippen LogP contribution in [0, 0.1) is 0 Å². The van der Waals surface area contributed by atoms with Gasteiger partial charge in [-0.3, -0.25) is 0 Å². The quantitative estimate of drug-likeness (QED) is 0.141. The third-order valence-electron chi connectivity index (χ3n) is 14.5. The lowest BCUT2D eigenvalue weighted by Gasteiger charge is -2.44. The van der Waals surface area contributed by atoms with Gasteiger partial charge >= 0.3 is 0 Å². The minimum absolute atomic E-state index is 0.0845. The van der Waals surface area contributed by atoms with Gasteiger partial charge in [-0.1, -0.05) is 176 Å². The summed E-state index contributed by atoms with van der Waals surface area (Å²) in [5.74, 6) is 0. The number of hydrogen-bond donors (Lipinski definition) is 0. The summed E-state index contributed by atoms with van der Waals surface area (Å²) in [7, 11) is 0. The molecule has 14 rings (SSSR count). The van der Waals surface area contributed by atoms with Gasteiger partial charge < -0.3 is 19.3 Å². The van der Waals surface area contributed by atoms with Crippen LogP contribution in [0.25, 0.3) is 49.7 Å². The number of para-hydroxylation sites is 4. The van der Waals surface area contributed by atoms with Crippen molar-refractivity contribution in [3.05, 3.63) is 273 Å². The third kappa shape index (κ3) is 6.62. The Kier molecular flexibility index (Phi) is 9.59. The fourth-order valence-electron chi connectivity index (χ4n) is 11.5. The zero-order valence-electron chi connectivity index (χ0n) is 38.8. The summed E-state index contributed by atoms with van der Waals surface area (Å²) < 4.78 is 2.44. The molecule has 0 spiro atoms. The van der Waals surface area contributed by atoms with Crippen molar-refractivity contribution in [2.24, 2.45) is 0 Å². The van der Waals surface area contributed by atoms with Gasteiger partial charge in [-0.2, -0.15) is 0 Å². The Hall–Kier alpha value is -9.32. The topological polar surface area (TPSA) is 14.7 Å². The van der Waals surface area contributed by atoms with Gasteiger partial charge in [0.2, 0.25) is 0 Å². The summed E-state index contributed by atoms with van der Waals surface area (Å²) in [6.45, 7) is -0.0845. The molecule has 0 aliphatic carbocycles. The van der Waals surface area contributed by atoms with Crippen LogP contribution in [0.15, 0.2) is 273 Å². The van der Waals surface area contributed by atoms with Crippen molar-refractivity contribution in [3.8, 4) is 27.9 Å². The zero-order chi connectivity index (χ0) is 46.8. The lowest BCUT2D eigenvalue weighted by atomic mass is 9.33. The minimum Gasteiger partial charge on any atom is -0.311 e. The van der Waals surface area contributed by atoms with Crippen LogP contribution in [0.5, 0.6) is 0 Å². The van der Waals surface area contributed by atoms with Crippen molar-refractivity contribution in [2.75, 3.05) is 14.7 Å². The van der Waals surface area contributed by atoms with E-state index < -0.39 is 0 Å². The van der Waals surface area contributed by atoms with Crippen LogP contribution in [-0.4, -0.2) is 11.3 Å². The number of hydrogen-bond acceptors (Lipinski definition) is 3. The first kappa shape index (κ1) is 40.7. The Morgan fingerprint density at radius 2 is 0.845 bits per heavy atom. The first-order valence-electron chi connectivity index (χ1n) is 24.5. The summed E-state index contributed by atoms with van der Waals surface area (Å²) in [4.78, 5) is 7.46. The second-order valence-electron chi connectivity index (χ2n) is 18.5. The molecule has 3 heterocycles. The molecule has 11 aromatic carbocycles. The van der Waals surface area contributed by atoms with Crippen molar-refractivity contribution in [1.29, 1.82) is 0 Å². The number of benzene rings is 11. The maximum Gasteiger partial charge on any atom is 0.252 e. The molecule has 2 aliphatic rings. The Balaban J connectivity index is 1.07. The fraction of sp³-hybridized carbons (Fsp3) is 0. The molecule has 0 unspecified atom stereocenters. The van der Waals surface area contributed by atoms with Gasteiger partial charge in [-0.25, -0.2) is 0 Å². The van der Waals surface area contributed by atoms with E-state index in [1.165, 1.54) is 71.8 Å². The number of nitrogens with zero attached hydrogens (tertiary/aromatic N) is 4. The van der Waals surface area contributed by atoms with Gasteiger partial charge in [0.25, 0.3) is 6.71 Å². The Morgan fingerprint density at radius 1 is 0.310 bits per heavy atom. The third-order valence-corrected chi connectivity index (χ3v) is 14.5. The van der Waals surface area contributed by atoms with Crippen LogP contribution >= 0.6 is 0 Å². The molecule has 0 radical (unpaired) electrons. The van der Waals surface area contributed by atoms with Gasteiger partial charge in [0.15, 0.2) is 0 Å². The Morgan fingerprint density at radius 3 is 1.54 bits per heavy atom. The van der Waals surface area contributed by atoms with Crippen LogP contribution in [0.4, 0.5) is 51.2 Å². The first-order valence-corrected chi connectivity index (χ1v) is 24.5. The fourth-order valence-corrected chi connectivity index (χ4v) is 11.5. The highest BCUT2D eigenvalue weighted by Crippen LogP contribution is 2.49. The van der Waals surface area contributed by atoms with Gasteiger partial charge in [-0.05, 0) is 136 Å². The zero-order valence-corrected chi connectivity index (χ0v) is 38.8. The second-order valence-corrected chi connectivity index (χ2v) is 18.5. The highest BCUT2D eigenvalue weighted by atomic mass is 15.2. The standard InChI is InChI=1S/C66H45BN4/c1-6-20-46(21-7-1)48-36-38-53(39-37-48)71-62-35-19-34-61-65(62)67(58-42-43-60-64(66(58)71)56-32-16-17-33-59(56)69(60)52-29-14-5-15-30-52)57-41-40-55(68(50-25-10-3-11-26-50)51-27-12-4-13-28-51)45-63(57)70(61)54-31-18-24-49(44-54)47-22-8-2-9-23-47/h1-45H. The molecule has 1 aromatic heterocycles. The average Bonchev–Trinajstić information content (AvgIpc) is 3.79. The molecule has 0 N–H and O–H groups in total. The summed E-state index contributed by atoms with van der Waals surface area (Å²) in [5, 5.41) is 2.46. The molecule has 12 aromatic rings. The molecular weight excluding hydrogens is 860 g/mol. The van der Waals surface area contributed by atoms with Crippen molar-refractivity contribution in [1.82, 2.24) is 4.57 Å². The largest absolute Gasteiger partial charge is 0.311 e. The Bertz CT molecular complexity index is 3890. The molecular formula is C66H45BN4. The molecule has 0 amide bonds. The van der Waals surface area contributed by atoms with E-state index in [2.05, 4.69) is 292 Å². The molecule has 5 heteroatoms. The van der Waals surface area contributed by atoms with Gasteiger partial charge in [0, 0.05) is 62.0 Å². The lowest BCUT2D eigenvalue weighted by Crippen LogP contribution is -2.61. The second kappa shape index (κ2) is 16.7. The van der Waals surface area contributed by atoms with E-state index in [4.69, 9.17) is 0 Å². The van der Waals surface area contributed by atoms with Crippen LogP contribution in [-0.2, 0) is 0 Å². The predicted molar refractivity (Wildman–Crippen MR) is 300 cm³/mol. The van der Waals surface area contributed by atoms with Crippen LogP contribution in [0.3, 0.4) is 0 Å². The maximum absolute atomic E-state index is 2.56. The van der Waals surface area contributed by atoms with E-state index >= 15 is 0 Å². The van der Waals surface area contributed by atoms with Crippen molar-refractivity contribution < 1.29 is 0 Å². The van der Waals surface area contributed by atoms with E-state index in [0.717, 1.165) is 45.5 Å². The molecule has 0 bridgehead atoms. The summed E-state index contributed by atoms with van der Waals surface area (Å²) in [6.07, 6.45) is 0. The van der Waals surface area contributed by atoms with Crippen LogP contribution in [0.1, 0.15) is 0 Å². The number of rotatable bonds is 8. The number of aromatic nitrogens is 1.